The summed E-state index contributed by atoms with van der Waals surface area (Å²) in [6, 6.07) is 18.9. The molecule has 0 saturated carbocycles. The number of amides is 1. The van der Waals surface area contributed by atoms with Gasteiger partial charge < -0.3 is 19.8 Å². The molecule has 0 aliphatic carbocycles. The van der Waals surface area contributed by atoms with E-state index in [-0.39, 0.29) is 11.5 Å². The SMILES string of the molecule is CN(C)CCn1cc(-c2ccc(C(=O)NCCc3ccc4[nH]cc(C#N)c4c3)cc2)ccc1=O. The van der Waals surface area contributed by atoms with Gasteiger partial charge in [-0.1, -0.05) is 18.2 Å². The minimum absolute atomic E-state index is 0.0268. The van der Waals surface area contributed by atoms with Gasteiger partial charge in [-0.2, -0.15) is 5.26 Å². The maximum atomic E-state index is 12.6. The van der Waals surface area contributed by atoms with E-state index in [0.29, 0.717) is 30.6 Å². The molecule has 0 aliphatic rings. The van der Waals surface area contributed by atoms with Crippen LogP contribution in [0.3, 0.4) is 0 Å². The van der Waals surface area contributed by atoms with Gasteiger partial charge in [-0.05, 0) is 67.5 Å². The summed E-state index contributed by atoms with van der Waals surface area (Å²) in [4.78, 5) is 29.8. The van der Waals surface area contributed by atoms with Gasteiger partial charge in [0.05, 0.1) is 5.56 Å². The Hall–Kier alpha value is -4.15. The van der Waals surface area contributed by atoms with E-state index in [2.05, 4.69) is 16.4 Å². The van der Waals surface area contributed by atoms with Crippen molar-refractivity contribution >= 4 is 16.8 Å². The highest BCUT2D eigenvalue weighted by Gasteiger charge is 2.08. The molecule has 2 aromatic carbocycles. The molecule has 1 amide bonds. The fraction of sp³-hybridized carbons (Fsp3) is 0.222. The van der Waals surface area contributed by atoms with Crippen LogP contribution in [-0.4, -0.2) is 47.5 Å². The second-order valence-corrected chi connectivity index (χ2v) is 8.53. The van der Waals surface area contributed by atoms with E-state index < -0.39 is 0 Å². The quantitative estimate of drug-likeness (QED) is 0.428. The molecule has 4 aromatic rings. The number of nitrogens with one attached hydrogen (secondary N) is 2. The molecule has 2 N–H and O–H groups in total. The molecule has 0 saturated heterocycles. The van der Waals surface area contributed by atoms with Gasteiger partial charge in [0.2, 0.25) is 0 Å². The zero-order chi connectivity index (χ0) is 24.1. The number of likely N-dealkylation sites (N-methyl/N-ethyl adjacent to an activating group) is 1. The summed E-state index contributed by atoms with van der Waals surface area (Å²) in [6.07, 6.45) is 4.24. The Balaban J connectivity index is 1.37. The Morgan fingerprint density at radius 2 is 1.85 bits per heavy atom. The summed E-state index contributed by atoms with van der Waals surface area (Å²) in [6.45, 7) is 1.89. The van der Waals surface area contributed by atoms with Crippen LogP contribution in [0, 0.1) is 11.3 Å². The Bertz CT molecular complexity index is 1410. The molecule has 0 radical (unpaired) electrons. The number of nitrogens with zero attached hydrogens (tertiary/aromatic N) is 3. The molecule has 0 aliphatic heterocycles. The molecule has 0 fully saturated rings. The van der Waals surface area contributed by atoms with E-state index in [0.717, 1.165) is 34.1 Å². The number of fused-ring (bicyclic) bond motifs is 1. The average Bonchev–Trinajstić information content (AvgIpc) is 3.26. The Kier molecular flexibility index (Phi) is 6.90. The molecule has 0 unspecified atom stereocenters. The number of benzene rings is 2. The van der Waals surface area contributed by atoms with Crippen LogP contribution < -0.4 is 10.9 Å². The predicted molar refractivity (Wildman–Crippen MR) is 134 cm³/mol. The minimum Gasteiger partial charge on any atom is -0.360 e. The Morgan fingerprint density at radius 3 is 2.59 bits per heavy atom. The maximum absolute atomic E-state index is 12.6. The molecular formula is C27H27N5O2. The summed E-state index contributed by atoms with van der Waals surface area (Å²) in [7, 11) is 3.95. The number of H-pyrrole nitrogens is 1. The number of rotatable bonds is 8. The highest BCUT2D eigenvalue weighted by molar-refractivity contribution is 5.94. The first kappa shape index (κ1) is 23.0. The molecular weight excluding hydrogens is 426 g/mol. The molecule has 172 valence electrons. The largest absolute Gasteiger partial charge is 0.360 e. The predicted octanol–water partition coefficient (Wildman–Crippen LogP) is 3.40. The lowest BCUT2D eigenvalue weighted by Crippen LogP contribution is -2.26. The highest BCUT2D eigenvalue weighted by atomic mass is 16.1. The van der Waals surface area contributed by atoms with Crippen molar-refractivity contribution in [2.45, 2.75) is 13.0 Å². The van der Waals surface area contributed by atoms with E-state index in [1.54, 1.807) is 29.0 Å². The number of aromatic amines is 1. The number of hydrogen-bond acceptors (Lipinski definition) is 4. The van der Waals surface area contributed by atoms with E-state index in [1.165, 1.54) is 0 Å². The molecule has 0 atom stereocenters. The van der Waals surface area contributed by atoms with E-state index in [1.807, 2.05) is 61.6 Å². The Morgan fingerprint density at radius 1 is 1.09 bits per heavy atom. The minimum atomic E-state index is -0.136. The second-order valence-electron chi connectivity index (χ2n) is 8.53. The monoisotopic (exact) mass is 453 g/mol. The van der Waals surface area contributed by atoms with Crippen molar-refractivity contribution in [1.29, 1.82) is 5.26 Å². The lowest BCUT2D eigenvalue weighted by molar-refractivity contribution is 0.0954. The van der Waals surface area contributed by atoms with Crippen LogP contribution in [0.15, 0.2) is 71.8 Å². The van der Waals surface area contributed by atoms with Crippen molar-refractivity contribution < 1.29 is 4.79 Å². The molecule has 0 spiro atoms. The van der Waals surface area contributed by atoms with E-state index in [9.17, 15) is 14.9 Å². The molecule has 0 bridgehead atoms. The molecule has 34 heavy (non-hydrogen) atoms. The molecule has 2 aromatic heterocycles. The number of nitriles is 1. The van der Waals surface area contributed by atoms with Gasteiger partial charge in [-0.25, -0.2) is 0 Å². The smallest absolute Gasteiger partial charge is 0.251 e. The van der Waals surface area contributed by atoms with E-state index in [4.69, 9.17) is 0 Å². The summed E-state index contributed by atoms with van der Waals surface area (Å²) in [5.41, 5.74) is 5.04. The van der Waals surface area contributed by atoms with Crippen molar-refractivity contribution in [2.24, 2.45) is 0 Å². The van der Waals surface area contributed by atoms with Gasteiger partial charge >= 0.3 is 0 Å². The number of carbonyl (C=O) groups excluding carboxylic acids is 1. The van der Waals surface area contributed by atoms with Crippen LogP contribution in [-0.2, 0) is 13.0 Å². The highest BCUT2D eigenvalue weighted by Crippen LogP contribution is 2.20. The number of aromatic nitrogens is 2. The zero-order valence-electron chi connectivity index (χ0n) is 19.3. The lowest BCUT2D eigenvalue weighted by Gasteiger charge is -2.12. The third-order valence-corrected chi connectivity index (χ3v) is 5.82. The number of hydrogen-bond donors (Lipinski definition) is 2. The van der Waals surface area contributed by atoms with Crippen LogP contribution in [0.1, 0.15) is 21.5 Å². The third kappa shape index (κ3) is 5.25. The summed E-state index contributed by atoms with van der Waals surface area (Å²) in [5.74, 6) is -0.136. The zero-order valence-corrected chi connectivity index (χ0v) is 19.3. The summed E-state index contributed by atoms with van der Waals surface area (Å²) < 4.78 is 1.71. The van der Waals surface area contributed by atoms with Crippen molar-refractivity contribution in [3.05, 3.63) is 94.0 Å². The van der Waals surface area contributed by atoms with Crippen molar-refractivity contribution in [3.8, 4) is 17.2 Å². The first-order valence-corrected chi connectivity index (χ1v) is 11.2. The lowest BCUT2D eigenvalue weighted by atomic mass is 10.0. The van der Waals surface area contributed by atoms with Crippen molar-refractivity contribution in [3.63, 3.8) is 0 Å². The molecule has 7 heteroatoms. The fourth-order valence-electron chi connectivity index (χ4n) is 3.84. The first-order chi connectivity index (χ1) is 16.4. The molecule has 7 nitrogen and oxygen atoms in total. The third-order valence-electron chi connectivity index (χ3n) is 5.82. The van der Waals surface area contributed by atoms with E-state index >= 15 is 0 Å². The van der Waals surface area contributed by atoms with Crippen LogP contribution >= 0.6 is 0 Å². The average molecular weight is 454 g/mol. The summed E-state index contributed by atoms with van der Waals surface area (Å²) >= 11 is 0. The van der Waals surface area contributed by atoms with Gasteiger partial charge in [0, 0.05) is 54.6 Å². The topological polar surface area (TPSA) is 93.9 Å². The van der Waals surface area contributed by atoms with Gasteiger partial charge in [-0.15, -0.1) is 0 Å². The molecule has 2 heterocycles. The number of carbonyl (C=O) groups is 1. The van der Waals surface area contributed by atoms with Gasteiger partial charge in [0.15, 0.2) is 0 Å². The first-order valence-electron chi connectivity index (χ1n) is 11.2. The van der Waals surface area contributed by atoms with Crippen LogP contribution in [0.2, 0.25) is 0 Å². The second kappa shape index (κ2) is 10.2. The van der Waals surface area contributed by atoms with Gasteiger partial charge in [0.25, 0.3) is 11.5 Å². The van der Waals surface area contributed by atoms with Crippen molar-refractivity contribution in [1.82, 2.24) is 19.8 Å². The fourth-order valence-corrected chi connectivity index (χ4v) is 3.84. The summed E-state index contributed by atoms with van der Waals surface area (Å²) in [5, 5.41) is 13.1. The standard InChI is InChI=1S/C27H27N5O2/c1-31(2)13-14-32-18-22(8-10-26(32)33)20-4-6-21(7-5-20)27(34)29-12-11-19-3-9-25-24(15-19)23(16-28)17-30-25/h3-10,15,17-18,30H,11-14H2,1-2H3,(H,29,34). The van der Waals surface area contributed by atoms with Crippen LogP contribution in [0.25, 0.3) is 22.0 Å². The van der Waals surface area contributed by atoms with Gasteiger partial charge in [0.1, 0.15) is 6.07 Å². The van der Waals surface area contributed by atoms with Crippen molar-refractivity contribution in [2.75, 3.05) is 27.2 Å². The van der Waals surface area contributed by atoms with Crippen LogP contribution in [0.4, 0.5) is 0 Å². The molecule has 4 rings (SSSR count). The van der Waals surface area contributed by atoms with Gasteiger partial charge in [-0.3, -0.25) is 9.59 Å². The van der Waals surface area contributed by atoms with Crippen LogP contribution in [0.5, 0.6) is 0 Å². The Labute approximate surface area is 198 Å². The number of pyridine rings is 1. The normalized spacial score (nSPS) is 11.0. The maximum Gasteiger partial charge on any atom is 0.251 e.